The maximum Gasteiger partial charge on any atom is 0.317 e. The molecule has 3 nitrogen and oxygen atoms in total. The van der Waals surface area contributed by atoms with E-state index in [9.17, 15) is 4.79 Å². The van der Waals surface area contributed by atoms with Crippen molar-refractivity contribution in [2.75, 3.05) is 6.54 Å². The standard InChI is InChI=1S/C3H4.C2H5NO2/c1-3-2;3-1-2(4)5/h1H,2H3;1,3H2,(H,4,5). The minimum absolute atomic E-state index is 0.278. The van der Waals surface area contributed by atoms with Crippen LogP contribution in [0.1, 0.15) is 6.92 Å². The Balaban J connectivity index is 0. The first-order valence-electron chi connectivity index (χ1n) is 1.98. The zero-order chi connectivity index (χ0) is 6.99. The summed E-state index contributed by atoms with van der Waals surface area (Å²) in [6, 6.07) is 0. The highest BCUT2D eigenvalue weighted by Crippen LogP contribution is 1.43. The maximum atomic E-state index is 9.24. The first-order valence-corrected chi connectivity index (χ1v) is 1.98. The van der Waals surface area contributed by atoms with Gasteiger partial charge in [-0.3, -0.25) is 4.79 Å². The van der Waals surface area contributed by atoms with Gasteiger partial charge in [-0.2, -0.15) is 0 Å². The Kier molecular flexibility index (Phi) is 11.8. The second-order valence-electron chi connectivity index (χ2n) is 0.887. The van der Waals surface area contributed by atoms with E-state index in [1.807, 2.05) is 0 Å². The van der Waals surface area contributed by atoms with Gasteiger partial charge in [-0.15, -0.1) is 12.3 Å². The van der Waals surface area contributed by atoms with E-state index >= 15 is 0 Å². The van der Waals surface area contributed by atoms with Crippen molar-refractivity contribution in [2.45, 2.75) is 6.92 Å². The smallest absolute Gasteiger partial charge is 0.317 e. The molecule has 0 saturated carbocycles. The number of rotatable bonds is 1. The van der Waals surface area contributed by atoms with Gasteiger partial charge in [0.15, 0.2) is 0 Å². The molecule has 0 rings (SSSR count). The molecule has 0 unspecified atom stereocenters. The molecule has 0 aromatic rings. The fraction of sp³-hybridized carbons (Fsp3) is 0.400. The van der Waals surface area contributed by atoms with Gasteiger partial charge in [0.2, 0.25) is 0 Å². The van der Waals surface area contributed by atoms with E-state index in [2.05, 4.69) is 18.1 Å². The minimum atomic E-state index is -0.968. The molecule has 0 fully saturated rings. The first-order chi connectivity index (χ1) is 3.68. The lowest BCUT2D eigenvalue weighted by atomic mass is 10.7. The van der Waals surface area contributed by atoms with Crippen molar-refractivity contribution in [3.05, 3.63) is 0 Å². The lowest BCUT2D eigenvalue weighted by molar-refractivity contribution is -0.135. The normalized spacial score (nSPS) is 5.62. The van der Waals surface area contributed by atoms with Crippen molar-refractivity contribution >= 4 is 5.97 Å². The van der Waals surface area contributed by atoms with Crippen LogP contribution in [0.25, 0.3) is 0 Å². The van der Waals surface area contributed by atoms with Crippen molar-refractivity contribution in [1.29, 1.82) is 0 Å². The Labute approximate surface area is 48.5 Å². The first kappa shape index (κ1) is 10.1. The quantitative estimate of drug-likeness (QED) is 0.460. The summed E-state index contributed by atoms with van der Waals surface area (Å²) < 4.78 is 0. The fourth-order valence-electron chi connectivity index (χ4n) is 0. The van der Waals surface area contributed by atoms with Crippen LogP contribution < -0.4 is 5.73 Å². The van der Waals surface area contributed by atoms with Crippen LogP contribution >= 0.6 is 0 Å². The maximum absolute atomic E-state index is 9.24. The number of aliphatic carboxylic acids is 1. The second kappa shape index (κ2) is 9.37. The Bertz CT molecular complexity index is 93.1. The monoisotopic (exact) mass is 115 g/mol. The third kappa shape index (κ3) is 81.1. The van der Waals surface area contributed by atoms with Crippen LogP contribution in [0.3, 0.4) is 0 Å². The summed E-state index contributed by atoms with van der Waals surface area (Å²) in [5, 5.41) is 7.60. The molecule has 0 aliphatic carbocycles. The Morgan fingerprint density at radius 3 is 2.12 bits per heavy atom. The van der Waals surface area contributed by atoms with Crippen LogP contribution in [-0.2, 0) is 4.79 Å². The molecule has 0 aliphatic heterocycles. The van der Waals surface area contributed by atoms with Crippen LogP contribution in [0.4, 0.5) is 0 Å². The summed E-state index contributed by atoms with van der Waals surface area (Å²) >= 11 is 0. The summed E-state index contributed by atoms with van der Waals surface area (Å²) in [6.07, 6.45) is 4.60. The highest BCUT2D eigenvalue weighted by molar-refractivity contribution is 5.68. The van der Waals surface area contributed by atoms with Gasteiger partial charge in [-0.05, 0) is 6.92 Å². The Hall–Kier alpha value is -1.01. The molecule has 0 heterocycles. The number of nitrogens with two attached hydrogens (primary N) is 1. The molecule has 0 saturated heterocycles. The second-order valence-corrected chi connectivity index (χ2v) is 0.887. The van der Waals surface area contributed by atoms with E-state index in [0.717, 1.165) is 0 Å². The summed E-state index contributed by atoms with van der Waals surface area (Å²) in [7, 11) is 0. The molecule has 0 aromatic heterocycles. The van der Waals surface area contributed by atoms with E-state index < -0.39 is 5.97 Å². The molecule has 0 bridgehead atoms. The average molecular weight is 115 g/mol. The van der Waals surface area contributed by atoms with Gasteiger partial charge in [-0.25, -0.2) is 0 Å². The molecule has 46 valence electrons. The molecule has 0 atom stereocenters. The summed E-state index contributed by atoms with van der Waals surface area (Å²) in [6.45, 7) is 1.37. The van der Waals surface area contributed by atoms with Gasteiger partial charge in [-0.1, -0.05) is 0 Å². The number of carboxylic acid groups (broad SMARTS) is 1. The molecule has 0 aliphatic rings. The lowest BCUT2D eigenvalue weighted by Gasteiger charge is -1.73. The predicted molar refractivity (Wildman–Crippen MR) is 31.2 cm³/mol. The van der Waals surface area contributed by atoms with Crippen LogP contribution in [-0.4, -0.2) is 17.6 Å². The zero-order valence-electron chi connectivity index (χ0n) is 4.72. The van der Waals surface area contributed by atoms with Gasteiger partial charge < -0.3 is 10.8 Å². The van der Waals surface area contributed by atoms with Gasteiger partial charge >= 0.3 is 5.97 Å². The molecular weight excluding hydrogens is 106 g/mol. The van der Waals surface area contributed by atoms with Crippen molar-refractivity contribution in [3.63, 3.8) is 0 Å². The molecule has 3 heteroatoms. The van der Waals surface area contributed by atoms with Crippen molar-refractivity contribution in [1.82, 2.24) is 0 Å². The van der Waals surface area contributed by atoms with Crippen molar-refractivity contribution in [3.8, 4) is 12.3 Å². The summed E-state index contributed by atoms with van der Waals surface area (Å²) in [4.78, 5) is 9.24. The van der Waals surface area contributed by atoms with Gasteiger partial charge in [0.25, 0.3) is 0 Å². The van der Waals surface area contributed by atoms with E-state index in [0.29, 0.717) is 0 Å². The van der Waals surface area contributed by atoms with E-state index in [1.54, 1.807) is 6.92 Å². The van der Waals surface area contributed by atoms with Gasteiger partial charge in [0, 0.05) is 0 Å². The van der Waals surface area contributed by atoms with Crippen LogP contribution in [0.5, 0.6) is 0 Å². The molecule has 3 N–H and O–H groups in total. The molecule has 0 aromatic carbocycles. The summed E-state index contributed by atoms with van der Waals surface area (Å²) in [5.41, 5.74) is 4.57. The minimum Gasteiger partial charge on any atom is -0.480 e. The van der Waals surface area contributed by atoms with E-state index in [1.165, 1.54) is 0 Å². The number of carbonyl (C=O) groups is 1. The molecule has 0 radical (unpaired) electrons. The fourth-order valence-corrected chi connectivity index (χ4v) is 0. The third-order valence-electron chi connectivity index (χ3n) is 0.175. The Morgan fingerprint density at radius 2 is 2.12 bits per heavy atom. The largest absolute Gasteiger partial charge is 0.480 e. The van der Waals surface area contributed by atoms with Gasteiger partial charge in [0.05, 0.1) is 6.54 Å². The topological polar surface area (TPSA) is 63.3 Å². The highest BCUT2D eigenvalue weighted by Gasteiger charge is 1.81. The molecular formula is C5H9NO2. The van der Waals surface area contributed by atoms with Crippen molar-refractivity contribution < 1.29 is 9.90 Å². The van der Waals surface area contributed by atoms with Crippen LogP contribution in [0.15, 0.2) is 0 Å². The van der Waals surface area contributed by atoms with E-state index in [-0.39, 0.29) is 6.54 Å². The highest BCUT2D eigenvalue weighted by atomic mass is 16.4. The van der Waals surface area contributed by atoms with Crippen LogP contribution in [0, 0.1) is 12.3 Å². The van der Waals surface area contributed by atoms with E-state index in [4.69, 9.17) is 5.11 Å². The Morgan fingerprint density at radius 1 is 2.00 bits per heavy atom. The molecule has 8 heavy (non-hydrogen) atoms. The lowest BCUT2D eigenvalue weighted by Crippen LogP contribution is -2.10. The zero-order valence-corrected chi connectivity index (χ0v) is 4.72. The number of hydrogen-bond acceptors (Lipinski definition) is 2. The average Bonchev–Trinajstić information content (AvgIpc) is 1.69. The molecule has 0 spiro atoms. The molecule has 0 amide bonds. The van der Waals surface area contributed by atoms with Crippen molar-refractivity contribution in [2.24, 2.45) is 5.73 Å². The number of carboxylic acids is 1. The van der Waals surface area contributed by atoms with Gasteiger partial charge in [0.1, 0.15) is 0 Å². The predicted octanol–water partition coefficient (Wildman–Crippen LogP) is -0.331. The summed E-state index contributed by atoms with van der Waals surface area (Å²) in [5.74, 6) is 1.28. The SMILES string of the molecule is C#CC.NCC(=O)O. The number of hydrogen-bond donors (Lipinski definition) is 2. The third-order valence-corrected chi connectivity index (χ3v) is 0.175. The van der Waals surface area contributed by atoms with Crippen LogP contribution in [0.2, 0.25) is 0 Å². The number of terminal acetylenes is 1.